The summed E-state index contributed by atoms with van der Waals surface area (Å²) in [6.07, 6.45) is 1.46. The predicted octanol–water partition coefficient (Wildman–Crippen LogP) is 0.113. The minimum atomic E-state index is -0.673. The molecule has 3 nitrogen and oxygen atoms in total. The molecule has 1 rings (SSSR count). The molecular formula is C6H8O3. The lowest BCUT2D eigenvalue weighted by Crippen LogP contribution is -2.10. The molecule has 0 spiro atoms. The first kappa shape index (κ1) is 6.45. The Morgan fingerprint density at radius 2 is 2.44 bits per heavy atom. The third-order valence-corrected chi connectivity index (χ3v) is 1.11. The van der Waals surface area contributed by atoms with Crippen molar-refractivity contribution in [2.45, 2.75) is 12.4 Å². The zero-order chi connectivity index (χ0) is 6.69. The number of hydrogen-bond donors (Lipinski definition) is 0. The average Bonchev–Trinajstić information content (AvgIpc) is 2.34. The average molecular weight is 128 g/mol. The van der Waals surface area contributed by atoms with Crippen LogP contribution in [0.1, 0.15) is 0 Å². The quantitative estimate of drug-likeness (QED) is 0.391. The van der Waals surface area contributed by atoms with Crippen LogP contribution in [0.4, 0.5) is 0 Å². The van der Waals surface area contributed by atoms with Crippen LogP contribution in [0.3, 0.4) is 0 Å². The maximum atomic E-state index is 9.98. The Hall–Kier alpha value is -0.670. The molecule has 0 amide bonds. The zero-order valence-corrected chi connectivity index (χ0v) is 4.95. The fourth-order valence-corrected chi connectivity index (χ4v) is 0.635. The molecule has 0 bridgehead atoms. The molecule has 0 aromatic carbocycles. The van der Waals surface area contributed by atoms with Crippen LogP contribution in [0.5, 0.6) is 0 Å². The van der Waals surface area contributed by atoms with E-state index in [9.17, 15) is 4.79 Å². The molecule has 1 fully saturated rings. The lowest BCUT2D eigenvalue weighted by Gasteiger charge is -1.98. The molecule has 1 aliphatic heterocycles. The Balaban J connectivity index is 2.36. The second kappa shape index (κ2) is 2.75. The van der Waals surface area contributed by atoms with E-state index in [2.05, 4.69) is 6.58 Å². The van der Waals surface area contributed by atoms with E-state index in [0.29, 0.717) is 12.9 Å². The van der Waals surface area contributed by atoms with Crippen molar-refractivity contribution in [3.05, 3.63) is 12.7 Å². The number of hydrogen-bond acceptors (Lipinski definition) is 3. The van der Waals surface area contributed by atoms with Gasteiger partial charge in [-0.2, -0.15) is 0 Å². The van der Waals surface area contributed by atoms with Crippen LogP contribution in [0.25, 0.3) is 0 Å². The van der Waals surface area contributed by atoms with E-state index in [-0.39, 0.29) is 6.10 Å². The fourth-order valence-electron chi connectivity index (χ4n) is 0.635. The Morgan fingerprint density at radius 3 is 2.78 bits per heavy atom. The number of carbonyl (C=O) groups excluding carboxylic acids is 1. The summed E-state index contributed by atoms with van der Waals surface area (Å²) in [4.78, 5) is 9.98. The highest BCUT2D eigenvalue weighted by Crippen LogP contribution is 2.09. The maximum Gasteiger partial charge on any atom is 0.215 e. The van der Waals surface area contributed by atoms with Crippen molar-refractivity contribution < 1.29 is 14.3 Å². The normalized spacial score (nSPS) is 34.2. The largest absolute Gasteiger partial charge is 0.343 e. The Kier molecular flexibility index (Phi) is 1.97. The van der Waals surface area contributed by atoms with Gasteiger partial charge < -0.3 is 9.47 Å². The molecule has 2 unspecified atom stereocenters. The van der Waals surface area contributed by atoms with E-state index in [4.69, 9.17) is 9.47 Å². The van der Waals surface area contributed by atoms with Crippen LogP contribution < -0.4 is 0 Å². The molecule has 0 saturated carbocycles. The van der Waals surface area contributed by atoms with Crippen molar-refractivity contribution in [2.24, 2.45) is 0 Å². The molecule has 50 valence electrons. The second-order valence-corrected chi connectivity index (χ2v) is 1.75. The summed E-state index contributed by atoms with van der Waals surface area (Å²) >= 11 is 0. The van der Waals surface area contributed by atoms with Gasteiger partial charge in [0.25, 0.3) is 0 Å². The SMILES string of the molecule is C=CC1COC(C=O)O1. The van der Waals surface area contributed by atoms with Crippen molar-refractivity contribution in [3.8, 4) is 0 Å². The Morgan fingerprint density at radius 1 is 1.67 bits per heavy atom. The summed E-state index contributed by atoms with van der Waals surface area (Å²) < 4.78 is 9.80. The molecule has 2 atom stereocenters. The van der Waals surface area contributed by atoms with Gasteiger partial charge in [-0.05, 0) is 0 Å². The van der Waals surface area contributed by atoms with Crippen LogP contribution in [0, 0.1) is 0 Å². The predicted molar refractivity (Wildman–Crippen MR) is 30.9 cm³/mol. The molecule has 3 heteroatoms. The van der Waals surface area contributed by atoms with Gasteiger partial charge in [0, 0.05) is 0 Å². The van der Waals surface area contributed by atoms with Crippen molar-refractivity contribution >= 4 is 6.29 Å². The fraction of sp³-hybridized carbons (Fsp3) is 0.500. The topological polar surface area (TPSA) is 35.5 Å². The summed E-state index contributed by atoms with van der Waals surface area (Å²) in [5.74, 6) is 0. The Bertz CT molecular complexity index is 107. The molecule has 9 heavy (non-hydrogen) atoms. The lowest BCUT2D eigenvalue weighted by molar-refractivity contribution is -0.131. The van der Waals surface area contributed by atoms with Gasteiger partial charge >= 0.3 is 0 Å². The maximum absolute atomic E-state index is 9.98. The third kappa shape index (κ3) is 1.37. The number of ether oxygens (including phenoxy) is 2. The number of rotatable bonds is 2. The van der Waals surface area contributed by atoms with E-state index in [0.717, 1.165) is 0 Å². The molecule has 0 aromatic rings. The zero-order valence-electron chi connectivity index (χ0n) is 4.95. The van der Waals surface area contributed by atoms with Crippen LogP contribution in [0.15, 0.2) is 12.7 Å². The van der Waals surface area contributed by atoms with Gasteiger partial charge in [-0.15, -0.1) is 6.58 Å². The lowest BCUT2D eigenvalue weighted by atomic mass is 10.4. The van der Waals surface area contributed by atoms with E-state index in [1.807, 2.05) is 0 Å². The minimum absolute atomic E-state index is 0.111. The van der Waals surface area contributed by atoms with Gasteiger partial charge in [0.05, 0.1) is 6.61 Å². The summed E-state index contributed by atoms with van der Waals surface area (Å²) in [7, 11) is 0. The summed E-state index contributed by atoms with van der Waals surface area (Å²) in [5, 5.41) is 0. The minimum Gasteiger partial charge on any atom is -0.343 e. The molecule has 0 aromatic heterocycles. The van der Waals surface area contributed by atoms with Crippen molar-refractivity contribution in [3.63, 3.8) is 0 Å². The molecule has 1 saturated heterocycles. The summed E-state index contributed by atoms with van der Waals surface area (Å²) in [5.41, 5.74) is 0. The van der Waals surface area contributed by atoms with Crippen LogP contribution in [-0.4, -0.2) is 25.3 Å². The summed E-state index contributed by atoms with van der Waals surface area (Å²) in [6, 6.07) is 0. The first-order valence-corrected chi connectivity index (χ1v) is 2.71. The van der Waals surface area contributed by atoms with Crippen LogP contribution >= 0.6 is 0 Å². The summed E-state index contributed by atoms with van der Waals surface area (Å²) in [6.45, 7) is 3.93. The second-order valence-electron chi connectivity index (χ2n) is 1.75. The standard InChI is InChI=1S/C6H8O3/c1-2-5-4-8-6(3-7)9-5/h2-3,5-6H,1,4H2. The first-order valence-electron chi connectivity index (χ1n) is 2.71. The van der Waals surface area contributed by atoms with Gasteiger partial charge in [-0.3, -0.25) is 4.79 Å². The van der Waals surface area contributed by atoms with E-state index in [1.165, 1.54) is 0 Å². The van der Waals surface area contributed by atoms with Gasteiger partial charge in [0.15, 0.2) is 6.29 Å². The molecule has 1 aliphatic rings. The van der Waals surface area contributed by atoms with E-state index >= 15 is 0 Å². The Labute approximate surface area is 53.3 Å². The van der Waals surface area contributed by atoms with Crippen LogP contribution in [-0.2, 0) is 14.3 Å². The smallest absolute Gasteiger partial charge is 0.215 e. The van der Waals surface area contributed by atoms with Crippen molar-refractivity contribution in [2.75, 3.05) is 6.61 Å². The van der Waals surface area contributed by atoms with Gasteiger partial charge in [0.2, 0.25) is 6.29 Å². The highest BCUT2D eigenvalue weighted by Gasteiger charge is 2.22. The van der Waals surface area contributed by atoms with Crippen molar-refractivity contribution in [1.29, 1.82) is 0 Å². The monoisotopic (exact) mass is 128 g/mol. The first-order chi connectivity index (χ1) is 4.36. The molecule has 0 radical (unpaired) electrons. The van der Waals surface area contributed by atoms with Gasteiger partial charge in [-0.1, -0.05) is 6.08 Å². The van der Waals surface area contributed by atoms with Gasteiger partial charge in [-0.25, -0.2) is 0 Å². The van der Waals surface area contributed by atoms with Crippen molar-refractivity contribution in [1.82, 2.24) is 0 Å². The molecule has 0 aliphatic carbocycles. The highest BCUT2D eigenvalue weighted by atomic mass is 16.7. The van der Waals surface area contributed by atoms with E-state index in [1.54, 1.807) is 6.08 Å². The third-order valence-electron chi connectivity index (χ3n) is 1.11. The van der Waals surface area contributed by atoms with Gasteiger partial charge in [0.1, 0.15) is 6.10 Å². The molecule has 0 N–H and O–H groups in total. The van der Waals surface area contributed by atoms with Crippen LogP contribution in [0.2, 0.25) is 0 Å². The van der Waals surface area contributed by atoms with E-state index < -0.39 is 6.29 Å². The number of carbonyl (C=O) groups is 1. The highest BCUT2D eigenvalue weighted by molar-refractivity contribution is 5.54. The molecule has 1 heterocycles. The molecular weight excluding hydrogens is 120 g/mol. The number of aldehydes is 1.